The van der Waals surface area contributed by atoms with Gasteiger partial charge < -0.3 is 9.64 Å². The number of rotatable bonds is 4. The fraction of sp³-hybridized carbons (Fsp3) is 0.650. The molecule has 0 saturated carbocycles. The molecule has 28 heavy (non-hydrogen) atoms. The minimum absolute atomic E-state index is 0.107. The number of hydrogen-bond donors (Lipinski definition) is 0. The number of piperazine rings is 1. The maximum absolute atomic E-state index is 13.1. The molecule has 8 heteroatoms. The molecule has 2 aliphatic rings. The number of nitrogens with zero attached hydrogens (tertiary/aromatic N) is 3. The molecule has 2 unspecified atom stereocenters. The first-order valence-electron chi connectivity index (χ1n) is 9.97. The molecular weight excluding hydrogens is 378 g/mol. The van der Waals surface area contributed by atoms with Gasteiger partial charge in [0.05, 0.1) is 17.1 Å². The van der Waals surface area contributed by atoms with Crippen molar-refractivity contribution >= 4 is 15.9 Å². The molecule has 0 N–H and O–H groups in total. The van der Waals surface area contributed by atoms with E-state index in [9.17, 15) is 13.2 Å². The quantitative estimate of drug-likeness (QED) is 0.756. The third-order valence-electron chi connectivity index (χ3n) is 5.44. The van der Waals surface area contributed by atoms with Gasteiger partial charge in [-0.15, -0.1) is 0 Å². The van der Waals surface area contributed by atoms with Crippen molar-refractivity contribution in [3.63, 3.8) is 0 Å². The molecule has 0 aromatic heterocycles. The summed E-state index contributed by atoms with van der Waals surface area (Å²) in [6, 6.07) is 6.88. The zero-order valence-electron chi connectivity index (χ0n) is 17.2. The number of ether oxygens (including phenoxy) is 1. The van der Waals surface area contributed by atoms with Crippen LogP contribution in [0.2, 0.25) is 0 Å². The van der Waals surface area contributed by atoms with Gasteiger partial charge in [0.2, 0.25) is 10.0 Å². The Bertz CT molecular complexity index is 793. The number of hydrogen-bond acceptors (Lipinski definition) is 5. The summed E-state index contributed by atoms with van der Waals surface area (Å²) in [5, 5.41) is 0. The molecule has 0 radical (unpaired) electrons. The molecule has 0 aliphatic carbocycles. The van der Waals surface area contributed by atoms with Crippen molar-refractivity contribution in [2.45, 2.75) is 50.8 Å². The van der Waals surface area contributed by atoms with Crippen LogP contribution in [0.1, 0.15) is 38.1 Å². The molecule has 2 saturated heterocycles. The normalized spacial score (nSPS) is 25.2. The maximum Gasteiger partial charge on any atom is 0.253 e. The van der Waals surface area contributed by atoms with E-state index in [2.05, 4.69) is 18.7 Å². The van der Waals surface area contributed by atoms with Crippen molar-refractivity contribution in [2.75, 3.05) is 39.3 Å². The van der Waals surface area contributed by atoms with E-state index in [1.165, 1.54) is 10.4 Å². The summed E-state index contributed by atoms with van der Waals surface area (Å²) in [6.45, 7) is 11.7. The highest BCUT2D eigenvalue weighted by Crippen LogP contribution is 2.22. The number of amides is 1. The second kappa shape index (κ2) is 8.49. The van der Waals surface area contributed by atoms with Crippen LogP contribution in [-0.4, -0.2) is 85.9 Å². The molecule has 7 nitrogen and oxygen atoms in total. The van der Waals surface area contributed by atoms with Crippen molar-refractivity contribution in [3.8, 4) is 0 Å². The van der Waals surface area contributed by atoms with Crippen molar-refractivity contribution in [1.82, 2.24) is 14.1 Å². The minimum atomic E-state index is -3.66. The zero-order valence-corrected chi connectivity index (χ0v) is 18.0. The Morgan fingerprint density at radius 3 is 2.25 bits per heavy atom. The van der Waals surface area contributed by atoms with Gasteiger partial charge in [-0.25, -0.2) is 8.42 Å². The van der Waals surface area contributed by atoms with E-state index >= 15 is 0 Å². The molecule has 2 aliphatic heterocycles. The van der Waals surface area contributed by atoms with Crippen LogP contribution in [0.15, 0.2) is 29.2 Å². The van der Waals surface area contributed by atoms with E-state index in [1.807, 2.05) is 18.7 Å². The van der Waals surface area contributed by atoms with Crippen molar-refractivity contribution in [2.24, 2.45) is 0 Å². The van der Waals surface area contributed by atoms with Gasteiger partial charge in [-0.1, -0.05) is 6.07 Å². The van der Waals surface area contributed by atoms with Gasteiger partial charge in [-0.3, -0.25) is 9.69 Å². The minimum Gasteiger partial charge on any atom is -0.373 e. The Morgan fingerprint density at radius 1 is 1.07 bits per heavy atom. The van der Waals surface area contributed by atoms with Crippen LogP contribution in [0.5, 0.6) is 0 Å². The lowest BCUT2D eigenvalue weighted by molar-refractivity contribution is -0.0440. The van der Waals surface area contributed by atoms with Crippen LogP contribution >= 0.6 is 0 Å². The van der Waals surface area contributed by atoms with Crippen LogP contribution < -0.4 is 0 Å². The average molecular weight is 410 g/mol. The van der Waals surface area contributed by atoms with E-state index < -0.39 is 10.0 Å². The Kier molecular flexibility index (Phi) is 6.44. The smallest absolute Gasteiger partial charge is 0.253 e. The Labute approximate surface area is 168 Å². The topological polar surface area (TPSA) is 70.2 Å². The van der Waals surface area contributed by atoms with Crippen molar-refractivity contribution < 1.29 is 17.9 Å². The lowest BCUT2D eigenvalue weighted by Crippen LogP contribution is -2.50. The van der Waals surface area contributed by atoms with Crippen LogP contribution in [0.4, 0.5) is 0 Å². The van der Waals surface area contributed by atoms with E-state index in [-0.39, 0.29) is 23.0 Å². The number of morpholine rings is 1. The summed E-state index contributed by atoms with van der Waals surface area (Å²) in [4.78, 5) is 17.2. The second-order valence-electron chi connectivity index (χ2n) is 8.03. The summed E-state index contributed by atoms with van der Waals surface area (Å²) in [7, 11) is -3.66. The summed E-state index contributed by atoms with van der Waals surface area (Å²) in [6.07, 6.45) is -0.304. The number of carbonyl (C=O) groups is 1. The summed E-state index contributed by atoms with van der Waals surface area (Å²) in [5.74, 6) is -0.107. The number of carbonyl (C=O) groups excluding carboxylic acids is 1. The molecule has 1 aromatic carbocycles. The first-order chi connectivity index (χ1) is 13.2. The van der Waals surface area contributed by atoms with Gasteiger partial charge in [0.1, 0.15) is 0 Å². The first-order valence-corrected chi connectivity index (χ1v) is 11.4. The van der Waals surface area contributed by atoms with E-state index in [0.29, 0.717) is 37.8 Å². The standard InChI is InChI=1S/C20H31N3O4S/c1-15(2)21-8-10-22(11-9-21)20(24)18-6-5-7-19(12-18)28(25,26)23-13-16(3)27-17(4)14-23/h5-7,12,15-17H,8-11,13-14H2,1-4H3. The zero-order chi connectivity index (χ0) is 20.5. The first kappa shape index (κ1) is 21.2. The predicted octanol–water partition coefficient (Wildman–Crippen LogP) is 1.65. The van der Waals surface area contributed by atoms with Crippen LogP contribution in [-0.2, 0) is 14.8 Å². The molecule has 1 aromatic rings. The van der Waals surface area contributed by atoms with Gasteiger partial charge in [0.15, 0.2) is 0 Å². The molecule has 3 rings (SSSR count). The highest BCUT2D eigenvalue weighted by molar-refractivity contribution is 7.89. The molecular formula is C20H31N3O4S. The van der Waals surface area contributed by atoms with Gasteiger partial charge >= 0.3 is 0 Å². The SMILES string of the molecule is CC1CN(S(=O)(=O)c2cccc(C(=O)N3CCN(C(C)C)CC3)c2)CC(C)O1. The van der Waals surface area contributed by atoms with Crippen molar-refractivity contribution in [3.05, 3.63) is 29.8 Å². The number of sulfonamides is 1. The largest absolute Gasteiger partial charge is 0.373 e. The lowest BCUT2D eigenvalue weighted by atomic mass is 10.1. The Morgan fingerprint density at radius 2 is 1.68 bits per heavy atom. The average Bonchev–Trinajstić information content (AvgIpc) is 2.67. The molecule has 0 bridgehead atoms. The molecule has 156 valence electrons. The fourth-order valence-electron chi connectivity index (χ4n) is 3.89. The monoisotopic (exact) mass is 409 g/mol. The third-order valence-corrected chi connectivity index (χ3v) is 7.26. The fourth-order valence-corrected chi connectivity index (χ4v) is 5.53. The molecule has 1 amide bonds. The van der Waals surface area contributed by atoms with Crippen molar-refractivity contribution in [1.29, 1.82) is 0 Å². The third kappa shape index (κ3) is 4.56. The lowest BCUT2D eigenvalue weighted by Gasteiger charge is -2.37. The predicted molar refractivity (Wildman–Crippen MR) is 108 cm³/mol. The molecule has 2 atom stereocenters. The van der Waals surface area contributed by atoms with E-state index in [0.717, 1.165) is 13.1 Å². The highest BCUT2D eigenvalue weighted by atomic mass is 32.2. The van der Waals surface area contributed by atoms with Crippen LogP contribution in [0, 0.1) is 0 Å². The second-order valence-corrected chi connectivity index (χ2v) is 9.97. The molecule has 0 spiro atoms. The van der Waals surface area contributed by atoms with Gasteiger partial charge in [-0.05, 0) is 45.9 Å². The molecule has 2 fully saturated rings. The van der Waals surface area contributed by atoms with E-state index in [4.69, 9.17) is 4.74 Å². The van der Waals surface area contributed by atoms with Gasteiger partial charge in [-0.2, -0.15) is 4.31 Å². The molecule has 2 heterocycles. The highest BCUT2D eigenvalue weighted by Gasteiger charge is 2.33. The summed E-state index contributed by atoms with van der Waals surface area (Å²) >= 11 is 0. The number of benzene rings is 1. The van der Waals surface area contributed by atoms with Gasteiger partial charge in [0, 0.05) is 50.9 Å². The van der Waals surface area contributed by atoms with Crippen LogP contribution in [0.25, 0.3) is 0 Å². The van der Waals surface area contributed by atoms with Crippen LogP contribution in [0.3, 0.4) is 0 Å². The van der Waals surface area contributed by atoms with Gasteiger partial charge in [0.25, 0.3) is 5.91 Å². The Balaban J connectivity index is 1.76. The summed E-state index contributed by atoms with van der Waals surface area (Å²) < 4.78 is 33.3. The Hall–Kier alpha value is -1.48. The summed E-state index contributed by atoms with van der Waals surface area (Å²) in [5.41, 5.74) is 0.424. The van der Waals surface area contributed by atoms with E-state index in [1.54, 1.807) is 18.2 Å². The maximum atomic E-state index is 13.1.